The van der Waals surface area contributed by atoms with Crippen molar-refractivity contribution in [3.63, 3.8) is 0 Å². The van der Waals surface area contributed by atoms with Crippen LogP contribution in [0.5, 0.6) is 0 Å². The number of nitrogens with two attached hydrogens (primary N) is 1. The van der Waals surface area contributed by atoms with Crippen molar-refractivity contribution in [2.75, 3.05) is 6.61 Å². The summed E-state index contributed by atoms with van der Waals surface area (Å²) in [5.41, 5.74) is 4.53. The van der Waals surface area contributed by atoms with Crippen LogP contribution in [0.3, 0.4) is 0 Å². The number of carbonyl (C=O) groups is 5. The highest BCUT2D eigenvalue weighted by atomic mass is 35.6. The number of ether oxygens (including phenoxy) is 5. The van der Waals surface area contributed by atoms with E-state index >= 15 is 0 Å². The summed E-state index contributed by atoms with van der Waals surface area (Å²) in [4.78, 5) is 54.7. The third kappa shape index (κ3) is 11.4. The van der Waals surface area contributed by atoms with E-state index in [1.165, 1.54) is 0 Å². The van der Waals surface area contributed by atoms with Gasteiger partial charge in [-0.1, -0.05) is 34.8 Å². The molecular weight excluding hydrogens is 489 g/mol. The molecule has 0 aliphatic carbocycles. The standard InChI is InChI=1S/C14H20O10.C2H2Cl3NO/c1-6(15)20-5-10-11(21-7(2)16)12(22-8(3)17)13(14(19)24-10)23-9(4)18;3-2(4,5)1(6)7/h10-14,19H,5H2,1-4H3;(H2,6,7)/t10-,11-,12+,13+,14+;/m1./s1. The van der Waals surface area contributed by atoms with Gasteiger partial charge in [-0.2, -0.15) is 0 Å². The van der Waals surface area contributed by atoms with Gasteiger partial charge in [-0.15, -0.1) is 0 Å². The SMILES string of the molecule is CC(=O)OC[C@H]1O[C@H](O)[C@@H](OC(C)=O)[C@@H](OC(C)=O)[C@@H]1OC(C)=O.NC(=O)C(Cl)(Cl)Cl. The quantitative estimate of drug-likeness (QED) is 0.287. The van der Waals surface area contributed by atoms with E-state index in [0.717, 1.165) is 27.7 Å². The fourth-order valence-corrected chi connectivity index (χ4v) is 2.21. The normalized spacial score (nSPS) is 25.2. The Morgan fingerprint density at radius 2 is 1.23 bits per heavy atom. The molecule has 0 spiro atoms. The number of aliphatic hydroxyl groups excluding tert-OH is 1. The predicted octanol–water partition coefficient (Wildman–Crippen LogP) is -0.0963. The van der Waals surface area contributed by atoms with Crippen LogP contribution in [0.25, 0.3) is 0 Å². The lowest BCUT2D eigenvalue weighted by molar-refractivity contribution is -0.296. The van der Waals surface area contributed by atoms with E-state index in [1.54, 1.807) is 0 Å². The van der Waals surface area contributed by atoms with Gasteiger partial charge in [0.2, 0.25) is 0 Å². The molecule has 1 heterocycles. The molecule has 0 bridgehead atoms. The summed E-state index contributed by atoms with van der Waals surface area (Å²) < 4.78 is 23.1. The Hall–Kier alpha value is -1.86. The van der Waals surface area contributed by atoms with Gasteiger partial charge in [0.25, 0.3) is 9.70 Å². The number of alkyl halides is 3. The van der Waals surface area contributed by atoms with E-state index in [4.69, 9.17) is 58.5 Å². The Labute approximate surface area is 192 Å². The van der Waals surface area contributed by atoms with Gasteiger partial charge in [-0.05, 0) is 0 Å². The Bertz CT molecular complexity index is 682. The van der Waals surface area contributed by atoms with Crippen molar-refractivity contribution in [3.8, 4) is 0 Å². The molecule has 0 unspecified atom stereocenters. The van der Waals surface area contributed by atoms with Crippen LogP contribution in [0.2, 0.25) is 0 Å². The molecule has 5 atom stereocenters. The first kappa shape index (κ1) is 29.1. The van der Waals surface area contributed by atoms with E-state index < -0.39 is 64.3 Å². The van der Waals surface area contributed by atoms with Crippen molar-refractivity contribution in [1.29, 1.82) is 0 Å². The number of primary amides is 1. The smallest absolute Gasteiger partial charge is 0.303 e. The topological polar surface area (TPSA) is 178 Å². The largest absolute Gasteiger partial charge is 0.463 e. The molecule has 1 amide bonds. The predicted molar refractivity (Wildman–Crippen MR) is 104 cm³/mol. The Balaban J connectivity index is 0.00000110. The highest BCUT2D eigenvalue weighted by molar-refractivity contribution is 6.76. The van der Waals surface area contributed by atoms with E-state index in [-0.39, 0.29) is 6.61 Å². The second-order valence-corrected chi connectivity index (χ2v) is 8.23. The monoisotopic (exact) mass is 509 g/mol. The molecule has 0 radical (unpaired) electrons. The maximum Gasteiger partial charge on any atom is 0.303 e. The minimum absolute atomic E-state index is 0.366. The Morgan fingerprint density at radius 1 is 0.839 bits per heavy atom. The molecule has 0 aromatic carbocycles. The fourth-order valence-electron chi connectivity index (χ4n) is 2.21. The zero-order chi connectivity index (χ0) is 24.5. The van der Waals surface area contributed by atoms with Crippen molar-refractivity contribution in [3.05, 3.63) is 0 Å². The molecule has 0 saturated carbocycles. The summed E-state index contributed by atoms with van der Waals surface area (Å²) in [6, 6.07) is 0. The first-order valence-electron chi connectivity index (χ1n) is 8.41. The maximum absolute atomic E-state index is 11.3. The van der Waals surface area contributed by atoms with E-state index in [9.17, 15) is 29.1 Å². The lowest BCUT2D eigenvalue weighted by Gasteiger charge is -2.42. The minimum atomic E-state index is -1.94. The van der Waals surface area contributed by atoms with E-state index in [0.29, 0.717) is 0 Å². The third-order valence-electron chi connectivity index (χ3n) is 3.25. The Kier molecular flexibility index (Phi) is 12.1. The second-order valence-electron chi connectivity index (χ2n) is 5.95. The highest BCUT2D eigenvalue weighted by Gasteiger charge is 2.51. The van der Waals surface area contributed by atoms with Gasteiger partial charge in [0.15, 0.2) is 24.6 Å². The minimum Gasteiger partial charge on any atom is -0.463 e. The van der Waals surface area contributed by atoms with Gasteiger partial charge < -0.3 is 34.5 Å². The van der Waals surface area contributed by atoms with Crippen molar-refractivity contribution in [2.45, 2.75) is 62.2 Å². The molecule has 178 valence electrons. The number of hydrogen-bond acceptors (Lipinski definition) is 11. The van der Waals surface area contributed by atoms with Crippen LogP contribution in [0, 0.1) is 0 Å². The van der Waals surface area contributed by atoms with E-state index in [2.05, 4.69) is 5.73 Å². The van der Waals surface area contributed by atoms with Crippen molar-refractivity contribution >= 4 is 64.6 Å². The fraction of sp³-hybridized carbons (Fsp3) is 0.688. The van der Waals surface area contributed by atoms with Crippen LogP contribution in [-0.4, -0.2) is 76.0 Å². The van der Waals surface area contributed by atoms with Gasteiger partial charge in [0, 0.05) is 27.7 Å². The summed E-state index contributed by atoms with van der Waals surface area (Å²) in [6.45, 7) is 4.09. The zero-order valence-electron chi connectivity index (χ0n) is 16.8. The van der Waals surface area contributed by atoms with E-state index in [1.807, 2.05) is 0 Å². The van der Waals surface area contributed by atoms with Crippen LogP contribution in [0.15, 0.2) is 0 Å². The molecule has 1 rings (SSSR count). The van der Waals surface area contributed by atoms with Gasteiger partial charge in [0.1, 0.15) is 12.7 Å². The molecule has 0 aromatic heterocycles. The molecule has 3 N–H and O–H groups in total. The number of aliphatic hydroxyl groups is 1. The molecule has 12 nitrogen and oxygen atoms in total. The zero-order valence-corrected chi connectivity index (χ0v) is 19.1. The van der Waals surface area contributed by atoms with Crippen LogP contribution in [-0.2, 0) is 47.7 Å². The second kappa shape index (κ2) is 12.9. The highest BCUT2D eigenvalue weighted by Crippen LogP contribution is 2.28. The van der Waals surface area contributed by atoms with Gasteiger partial charge in [0.05, 0.1) is 0 Å². The number of carbonyl (C=O) groups excluding carboxylic acids is 5. The van der Waals surface area contributed by atoms with Crippen LogP contribution < -0.4 is 5.73 Å². The number of hydrogen-bond donors (Lipinski definition) is 2. The van der Waals surface area contributed by atoms with Crippen LogP contribution in [0.1, 0.15) is 27.7 Å². The maximum atomic E-state index is 11.3. The van der Waals surface area contributed by atoms with Crippen molar-refractivity contribution < 1.29 is 52.8 Å². The Morgan fingerprint density at radius 3 is 1.58 bits per heavy atom. The number of esters is 4. The number of halogens is 3. The summed E-state index contributed by atoms with van der Waals surface area (Å²) >= 11 is 14.8. The molecule has 0 aromatic rings. The molecule has 1 saturated heterocycles. The molecule has 1 aliphatic heterocycles. The molecule has 15 heteroatoms. The molecule has 1 fully saturated rings. The molecular formula is C16H22Cl3NO11. The average molecular weight is 511 g/mol. The third-order valence-corrected chi connectivity index (χ3v) is 3.80. The van der Waals surface area contributed by atoms with Gasteiger partial charge >= 0.3 is 23.9 Å². The van der Waals surface area contributed by atoms with Crippen molar-refractivity contribution in [1.82, 2.24) is 0 Å². The van der Waals surface area contributed by atoms with Gasteiger partial charge in [-0.25, -0.2) is 0 Å². The molecule has 31 heavy (non-hydrogen) atoms. The summed E-state index contributed by atoms with van der Waals surface area (Å²) in [7, 11) is 0. The first-order chi connectivity index (χ1) is 14.1. The van der Waals surface area contributed by atoms with Crippen molar-refractivity contribution in [2.24, 2.45) is 5.73 Å². The molecule has 1 aliphatic rings. The lowest BCUT2D eigenvalue weighted by atomic mass is 9.98. The first-order valence-corrected chi connectivity index (χ1v) is 9.54. The summed E-state index contributed by atoms with van der Waals surface area (Å²) in [6.07, 6.45) is -6.79. The van der Waals surface area contributed by atoms with Gasteiger partial charge in [-0.3, -0.25) is 24.0 Å². The van der Waals surface area contributed by atoms with Crippen LogP contribution in [0.4, 0.5) is 0 Å². The number of amides is 1. The summed E-state index contributed by atoms with van der Waals surface area (Å²) in [5.74, 6) is -3.83. The number of rotatable bonds is 5. The lowest BCUT2D eigenvalue weighted by Crippen LogP contribution is -2.62. The average Bonchev–Trinajstić information content (AvgIpc) is 2.57. The van der Waals surface area contributed by atoms with Crippen LogP contribution >= 0.6 is 34.8 Å². The summed E-state index contributed by atoms with van der Waals surface area (Å²) in [5, 5.41) is 10.0.